The van der Waals surface area contributed by atoms with Gasteiger partial charge in [0.2, 0.25) is 0 Å². The van der Waals surface area contributed by atoms with Gasteiger partial charge in [-0.15, -0.1) is 11.3 Å². The second-order valence-electron chi connectivity index (χ2n) is 9.07. The highest BCUT2D eigenvalue weighted by Gasteiger charge is 2.18. The SMILES string of the molecule is c1csc(-c2ccnc3nc(-c4n[nH]c5ccc(-c6cncc(OC7CCCCC7)c6)nc45)[nH]c23)c1. The summed E-state index contributed by atoms with van der Waals surface area (Å²) >= 11 is 1.69. The van der Waals surface area contributed by atoms with E-state index in [1.54, 1.807) is 23.7 Å². The molecule has 9 heteroatoms. The summed E-state index contributed by atoms with van der Waals surface area (Å²) in [5, 5.41) is 9.69. The van der Waals surface area contributed by atoms with Crippen molar-refractivity contribution in [1.82, 2.24) is 35.1 Å². The number of nitrogens with zero attached hydrogens (tertiary/aromatic N) is 5. The van der Waals surface area contributed by atoms with E-state index in [0.717, 1.165) is 56.8 Å². The number of fused-ring (bicyclic) bond motifs is 2. The van der Waals surface area contributed by atoms with Crippen LogP contribution in [0.25, 0.3) is 55.4 Å². The topological polar surface area (TPSA) is 105 Å². The zero-order chi connectivity index (χ0) is 23.9. The molecule has 6 aromatic rings. The normalized spacial score (nSPS) is 14.6. The van der Waals surface area contributed by atoms with Crippen LogP contribution in [0.2, 0.25) is 0 Å². The molecule has 0 amide bonds. The standard InChI is InChI=1S/C27H23N7OS/c1-2-5-17(6-3-1)35-18-13-16(14-28-15-18)20-8-9-21-24(30-20)25(34-33-21)27-31-23-19(22-7-4-12-36-22)10-11-29-26(23)32-27/h4,7-15,17H,1-3,5-6H2,(H,33,34)(H,29,31,32). The third-order valence-electron chi connectivity index (χ3n) is 6.67. The summed E-state index contributed by atoms with van der Waals surface area (Å²) in [7, 11) is 0. The number of rotatable bonds is 5. The molecule has 0 unspecified atom stereocenters. The van der Waals surface area contributed by atoms with Crippen molar-refractivity contribution in [3.05, 3.63) is 60.4 Å². The van der Waals surface area contributed by atoms with Gasteiger partial charge >= 0.3 is 0 Å². The predicted octanol–water partition coefficient (Wildman–Crippen LogP) is 6.40. The fourth-order valence-electron chi connectivity index (χ4n) is 4.88. The molecule has 0 aliphatic heterocycles. The molecule has 7 rings (SSSR count). The lowest BCUT2D eigenvalue weighted by Crippen LogP contribution is -2.19. The third-order valence-corrected chi connectivity index (χ3v) is 7.58. The number of hydrogen-bond acceptors (Lipinski definition) is 7. The van der Waals surface area contributed by atoms with Crippen LogP contribution in [0, 0.1) is 0 Å². The average Bonchev–Trinajstić information content (AvgIpc) is 3.68. The van der Waals surface area contributed by atoms with Crippen molar-refractivity contribution in [3.63, 3.8) is 0 Å². The first-order valence-electron chi connectivity index (χ1n) is 12.2. The molecule has 0 atom stereocenters. The lowest BCUT2D eigenvalue weighted by molar-refractivity contribution is 0.154. The molecule has 1 saturated carbocycles. The highest BCUT2D eigenvalue weighted by atomic mass is 32.1. The van der Waals surface area contributed by atoms with E-state index in [1.807, 2.05) is 36.5 Å². The lowest BCUT2D eigenvalue weighted by atomic mass is 9.98. The van der Waals surface area contributed by atoms with Crippen molar-refractivity contribution >= 4 is 33.5 Å². The van der Waals surface area contributed by atoms with Crippen LogP contribution >= 0.6 is 11.3 Å². The van der Waals surface area contributed by atoms with E-state index in [2.05, 4.69) is 36.6 Å². The molecule has 36 heavy (non-hydrogen) atoms. The molecule has 6 heterocycles. The van der Waals surface area contributed by atoms with Crippen molar-refractivity contribution in [2.24, 2.45) is 0 Å². The van der Waals surface area contributed by atoms with Crippen LogP contribution in [-0.4, -0.2) is 41.2 Å². The van der Waals surface area contributed by atoms with Crippen molar-refractivity contribution in [2.75, 3.05) is 0 Å². The molecule has 6 aromatic heterocycles. The molecule has 0 aromatic carbocycles. The van der Waals surface area contributed by atoms with E-state index in [4.69, 9.17) is 14.7 Å². The summed E-state index contributed by atoms with van der Waals surface area (Å²) < 4.78 is 6.23. The summed E-state index contributed by atoms with van der Waals surface area (Å²) in [6, 6.07) is 12.1. The molecule has 8 nitrogen and oxygen atoms in total. The van der Waals surface area contributed by atoms with Gasteiger partial charge < -0.3 is 9.72 Å². The second kappa shape index (κ2) is 8.83. The monoisotopic (exact) mass is 493 g/mol. The van der Waals surface area contributed by atoms with Crippen LogP contribution < -0.4 is 4.74 Å². The minimum atomic E-state index is 0.271. The smallest absolute Gasteiger partial charge is 0.178 e. The van der Waals surface area contributed by atoms with Crippen LogP contribution in [0.3, 0.4) is 0 Å². The van der Waals surface area contributed by atoms with Crippen molar-refractivity contribution in [2.45, 2.75) is 38.2 Å². The lowest BCUT2D eigenvalue weighted by Gasteiger charge is -2.22. The van der Waals surface area contributed by atoms with Gasteiger partial charge in [0.05, 0.1) is 29.0 Å². The summed E-state index contributed by atoms with van der Waals surface area (Å²) in [5.41, 5.74) is 6.56. The Morgan fingerprint density at radius 3 is 2.83 bits per heavy atom. The molecular formula is C27H23N7OS. The van der Waals surface area contributed by atoms with E-state index >= 15 is 0 Å². The number of pyridine rings is 3. The Morgan fingerprint density at radius 1 is 1.00 bits per heavy atom. The molecule has 0 saturated heterocycles. The number of aromatic nitrogens is 7. The largest absolute Gasteiger partial charge is 0.489 e. The van der Waals surface area contributed by atoms with Crippen LogP contribution in [0.1, 0.15) is 32.1 Å². The van der Waals surface area contributed by atoms with Crippen LogP contribution in [0.5, 0.6) is 5.75 Å². The van der Waals surface area contributed by atoms with Crippen molar-refractivity contribution in [1.29, 1.82) is 0 Å². The van der Waals surface area contributed by atoms with Gasteiger partial charge in [-0.3, -0.25) is 10.1 Å². The van der Waals surface area contributed by atoms with Crippen LogP contribution in [-0.2, 0) is 0 Å². The van der Waals surface area contributed by atoms with Crippen molar-refractivity contribution < 1.29 is 4.74 Å². The van der Waals surface area contributed by atoms with Crippen LogP contribution in [0.4, 0.5) is 0 Å². The molecular weight excluding hydrogens is 470 g/mol. The summed E-state index contributed by atoms with van der Waals surface area (Å²) in [6.45, 7) is 0. The van der Waals surface area contributed by atoms with Gasteiger partial charge in [0.1, 0.15) is 11.3 Å². The molecule has 1 aliphatic rings. The third kappa shape index (κ3) is 3.81. The number of aromatic amines is 2. The summed E-state index contributed by atoms with van der Waals surface area (Å²) in [5.74, 6) is 1.42. The maximum atomic E-state index is 6.23. The van der Waals surface area contributed by atoms with Gasteiger partial charge in [-0.2, -0.15) is 5.10 Å². The predicted molar refractivity (Wildman–Crippen MR) is 141 cm³/mol. The molecule has 1 fully saturated rings. The first-order valence-corrected chi connectivity index (χ1v) is 13.1. The number of hydrogen-bond donors (Lipinski definition) is 2. The van der Waals surface area contributed by atoms with Crippen LogP contribution in [0.15, 0.2) is 60.4 Å². The molecule has 0 bridgehead atoms. The number of ether oxygens (including phenoxy) is 1. The fourth-order valence-corrected chi connectivity index (χ4v) is 5.64. The van der Waals surface area contributed by atoms with E-state index in [-0.39, 0.29) is 6.10 Å². The Kier molecular flexibility index (Phi) is 5.20. The number of nitrogens with one attached hydrogen (secondary N) is 2. The summed E-state index contributed by atoms with van der Waals surface area (Å²) in [4.78, 5) is 23.2. The van der Waals surface area contributed by atoms with Crippen molar-refractivity contribution in [3.8, 4) is 39.0 Å². The van der Waals surface area contributed by atoms with Gasteiger partial charge in [-0.05, 0) is 61.4 Å². The van der Waals surface area contributed by atoms with E-state index in [0.29, 0.717) is 17.2 Å². The number of imidazole rings is 1. The van der Waals surface area contributed by atoms with Gasteiger partial charge in [0.25, 0.3) is 0 Å². The maximum Gasteiger partial charge on any atom is 0.178 e. The fraction of sp³-hybridized carbons (Fsp3) is 0.222. The average molecular weight is 494 g/mol. The Hall–Kier alpha value is -4.11. The van der Waals surface area contributed by atoms with E-state index in [1.165, 1.54) is 19.3 Å². The maximum absolute atomic E-state index is 6.23. The molecule has 0 spiro atoms. The quantitative estimate of drug-likeness (QED) is 0.288. The Balaban J connectivity index is 1.26. The zero-order valence-electron chi connectivity index (χ0n) is 19.4. The summed E-state index contributed by atoms with van der Waals surface area (Å²) in [6.07, 6.45) is 11.6. The van der Waals surface area contributed by atoms with E-state index < -0.39 is 0 Å². The first kappa shape index (κ1) is 21.2. The Morgan fingerprint density at radius 2 is 1.94 bits per heavy atom. The van der Waals surface area contributed by atoms with Gasteiger partial charge in [0, 0.05) is 28.4 Å². The van der Waals surface area contributed by atoms with E-state index in [9.17, 15) is 0 Å². The second-order valence-corrected chi connectivity index (χ2v) is 10.0. The number of thiophene rings is 1. The highest BCUT2D eigenvalue weighted by molar-refractivity contribution is 7.13. The molecule has 2 N–H and O–H groups in total. The molecule has 1 aliphatic carbocycles. The van der Waals surface area contributed by atoms with Gasteiger partial charge in [-0.25, -0.2) is 15.0 Å². The minimum Gasteiger partial charge on any atom is -0.489 e. The first-order chi connectivity index (χ1) is 17.8. The molecule has 0 radical (unpaired) electrons. The van der Waals surface area contributed by atoms with Gasteiger partial charge in [0.15, 0.2) is 17.2 Å². The zero-order valence-corrected chi connectivity index (χ0v) is 20.3. The Bertz CT molecular complexity index is 1660. The molecule has 178 valence electrons. The highest BCUT2D eigenvalue weighted by Crippen LogP contribution is 2.33. The Labute approximate surface area is 210 Å². The number of H-pyrrole nitrogens is 2. The van der Waals surface area contributed by atoms with Gasteiger partial charge in [-0.1, -0.05) is 12.5 Å². The minimum absolute atomic E-state index is 0.271.